The van der Waals surface area contributed by atoms with Crippen LogP contribution in [0, 0.1) is 0 Å². The Kier molecular flexibility index (Phi) is 8.49. The van der Waals surface area contributed by atoms with Gasteiger partial charge in [0.1, 0.15) is 5.52 Å². The third kappa shape index (κ3) is 5.98. The van der Waals surface area contributed by atoms with Crippen LogP contribution in [0.1, 0.15) is 103 Å². The summed E-state index contributed by atoms with van der Waals surface area (Å²) in [6, 6.07) is 52.5. The van der Waals surface area contributed by atoms with Crippen LogP contribution in [0.5, 0.6) is 0 Å². The number of thiophene rings is 1. The molecule has 4 nitrogen and oxygen atoms in total. The Hall–Kier alpha value is -6.89. The molecule has 14 rings (SSSR count). The van der Waals surface area contributed by atoms with Crippen molar-refractivity contribution >= 4 is 94.0 Å². The van der Waals surface area contributed by atoms with Crippen molar-refractivity contribution in [2.75, 3.05) is 5.32 Å². The largest absolute Gasteiger partial charge is 0.436 e. The van der Waals surface area contributed by atoms with E-state index in [1.54, 1.807) is 0 Å². The second kappa shape index (κ2) is 14.1. The molecule has 70 heavy (non-hydrogen) atoms. The monoisotopic (exact) mass is 924 g/mol. The lowest BCUT2D eigenvalue weighted by atomic mass is 9.59. The molecule has 0 atom stereocenters. The van der Waals surface area contributed by atoms with Crippen molar-refractivity contribution in [3.63, 3.8) is 0 Å². The second-order valence-corrected chi connectivity index (χ2v) is 24.4. The van der Waals surface area contributed by atoms with Gasteiger partial charge in [-0.2, -0.15) is 0 Å². The average molecular weight is 925 g/mol. The van der Waals surface area contributed by atoms with Gasteiger partial charge in [-0.25, -0.2) is 4.98 Å². The molecular weight excluding hydrogens is 870 g/mol. The average Bonchev–Trinajstić information content (AvgIpc) is 4.07. The maximum absolute atomic E-state index is 6.61. The molecule has 1 N–H and O–H groups in total. The number of fused-ring (bicyclic) bond motifs is 13. The lowest BCUT2D eigenvalue weighted by molar-refractivity contribution is 0.332. The van der Waals surface area contributed by atoms with Gasteiger partial charge in [0, 0.05) is 76.1 Å². The van der Waals surface area contributed by atoms with Crippen molar-refractivity contribution in [3.8, 4) is 39.4 Å². The van der Waals surface area contributed by atoms with Crippen LogP contribution in [0.2, 0.25) is 0 Å². The fourth-order valence-corrected chi connectivity index (χ4v) is 13.7. The highest BCUT2D eigenvalue weighted by Crippen LogP contribution is 2.53. The molecule has 0 fully saturated rings. The van der Waals surface area contributed by atoms with Crippen LogP contribution in [-0.4, -0.2) is 16.8 Å². The molecule has 6 heteroatoms. The van der Waals surface area contributed by atoms with E-state index >= 15 is 0 Å². The fraction of sp³-hybridized carbons (Fsp3) is 0.234. The van der Waals surface area contributed by atoms with Gasteiger partial charge in [0.05, 0.1) is 5.52 Å². The zero-order valence-corrected chi connectivity index (χ0v) is 42.3. The van der Waals surface area contributed by atoms with Crippen molar-refractivity contribution in [2.45, 2.75) is 96.8 Å². The standard InChI is InChI=1S/C64H55BN3OS/c1-61(2,3)36-19-21-37(22-20-36)66-51-29-45-44-28-48-49(63(6,7)26-25-62(48,4)5)32-57(44)70-56(45)30-42(51)39-23-24-40-43-27-41-38-17-13-14-18-46(38)64(8,9)47(41)31-53(43)68-54-34-55-52(33-50(54)65-58(39)59(40)68)67-60(69-55)35-15-11-10-12-16-35/h10-24,27-34,66H,25-26H2,1-9H3. The van der Waals surface area contributed by atoms with Gasteiger partial charge in [0.2, 0.25) is 5.89 Å². The zero-order chi connectivity index (χ0) is 47.8. The lowest BCUT2D eigenvalue weighted by Gasteiger charge is -2.41. The SMILES string of the molecule is CC(C)(C)c1ccc(Nc2cc3c(cc2-c2ccc4c5cc6c(cc5n5c4c2[B]c2cc4nc(-c7ccccc7)oc4cc2-5)C(C)(C)c2ccccc2-6)sc2cc4c(cc23)C(C)(C)CCC4(C)C)cc1. The number of aromatic nitrogens is 2. The van der Waals surface area contributed by atoms with Crippen molar-refractivity contribution in [3.05, 3.63) is 167 Å². The van der Waals surface area contributed by atoms with Crippen molar-refractivity contribution in [1.29, 1.82) is 0 Å². The first-order valence-electron chi connectivity index (χ1n) is 25.1. The number of rotatable bonds is 4. The molecule has 0 amide bonds. The summed E-state index contributed by atoms with van der Waals surface area (Å²) in [5.41, 5.74) is 22.9. The summed E-state index contributed by atoms with van der Waals surface area (Å²) >= 11 is 1.94. The Morgan fingerprint density at radius 2 is 1.33 bits per heavy atom. The van der Waals surface area contributed by atoms with E-state index in [-0.39, 0.29) is 21.7 Å². The van der Waals surface area contributed by atoms with E-state index in [1.165, 1.54) is 110 Å². The van der Waals surface area contributed by atoms with E-state index in [1.807, 2.05) is 29.5 Å². The Labute approximate surface area is 414 Å². The van der Waals surface area contributed by atoms with Crippen LogP contribution in [0.25, 0.3) is 92.5 Å². The molecule has 11 aromatic rings. The fourth-order valence-electron chi connectivity index (χ4n) is 12.5. The highest BCUT2D eigenvalue weighted by molar-refractivity contribution is 7.25. The van der Waals surface area contributed by atoms with E-state index in [4.69, 9.17) is 9.40 Å². The molecule has 341 valence electrons. The molecule has 0 bridgehead atoms. The van der Waals surface area contributed by atoms with Gasteiger partial charge in [0.25, 0.3) is 0 Å². The minimum atomic E-state index is -0.149. The number of anilines is 2. The first-order valence-corrected chi connectivity index (χ1v) is 25.9. The van der Waals surface area contributed by atoms with Gasteiger partial charge in [-0.1, -0.05) is 135 Å². The smallest absolute Gasteiger partial charge is 0.227 e. The molecule has 3 aliphatic rings. The van der Waals surface area contributed by atoms with Crippen molar-refractivity contribution < 1.29 is 4.42 Å². The minimum Gasteiger partial charge on any atom is -0.436 e. The van der Waals surface area contributed by atoms with Gasteiger partial charge in [-0.05, 0) is 146 Å². The molecule has 1 aliphatic heterocycles. The lowest BCUT2D eigenvalue weighted by Crippen LogP contribution is -2.37. The maximum Gasteiger partial charge on any atom is 0.227 e. The summed E-state index contributed by atoms with van der Waals surface area (Å²) < 4.78 is 11.8. The molecule has 0 unspecified atom stereocenters. The molecule has 0 saturated carbocycles. The van der Waals surface area contributed by atoms with E-state index in [2.05, 4.69) is 201 Å². The molecule has 2 aliphatic carbocycles. The third-order valence-corrected chi connectivity index (χ3v) is 17.8. The first kappa shape index (κ1) is 42.0. The molecule has 0 saturated heterocycles. The van der Waals surface area contributed by atoms with E-state index in [9.17, 15) is 0 Å². The summed E-state index contributed by atoms with van der Waals surface area (Å²) in [4.78, 5) is 5.09. The first-order chi connectivity index (χ1) is 33.5. The highest BCUT2D eigenvalue weighted by atomic mass is 32.1. The molecule has 1 radical (unpaired) electrons. The van der Waals surface area contributed by atoms with Gasteiger partial charge in [-0.3, -0.25) is 0 Å². The topological polar surface area (TPSA) is 43.0 Å². The van der Waals surface area contributed by atoms with Crippen molar-refractivity contribution in [2.24, 2.45) is 0 Å². The van der Waals surface area contributed by atoms with Crippen LogP contribution < -0.4 is 16.2 Å². The molecule has 4 heterocycles. The number of nitrogens with one attached hydrogen (secondary N) is 1. The van der Waals surface area contributed by atoms with Crippen LogP contribution in [-0.2, 0) is 21.7 Å². The number of hydrogen-bond acceptors (Lipinski definition) is 4. The Bertz CT molecular complexity index is 4060. The summed E-state index contributed by atoms with van der Waals surface area (Å²) in [6.45, 7) is 21.3. The summed E-state index contributed by atoms with van der Waals surface area (Å²) in [6.07, 6.45) is 2.38. The molecular formula is C64H55BN3OS. The predicted molar refractivity (Wildman–Crippen MR) is 298 cm³/mol. The maximum atomic E-state index is 6.61. The Morgan fingerprint density at radius 1 is 0.614 bits per heavy atom. The number of nitrogens with zero attached hydrogens (tertiary/aromatic N) is 2. The molecule has 3 aromatic heterocycles. The van der Waals surface area contributed by atoms with Gasteiger partial charge < -0.3 is 14.3 Å². The van der Waals surface area contributed by atoms with Crippen LogP contribution >= 0.6 is 11.3 Å². The van der Waals surface area contributed by atoms with Gasteiger partial charge in [-0.15, -0.1) is 11.3 Å². The number of oxazole rings is 1. The van der Waals surface area contributed by atoms with E-state index in [0.717, 1.165) is 39.2 Å². The quantitative estimate of drug-likeness (QED) is 0.179. The molecule has 8 aromatic carbocycles. The van der Waals surface area contributed by atoms with Gasteiger partial charge >= 0.3 is 0 Å². The predicted octanol–water partition coefficient (Wildman–Crippen LogP) is 16.3. The zero-order valence-electron chi connectivity index (χ0n) is 41.5. The third-order valence-electron chi connectivity index (χ3n) is 16.7. The summed E-state index contributed by atoms with van der Waals surface area (Å²) in [5, 5.41) is 9.17. The van der Waals surface area contributed by atoms with Crippen molar-refractivity contribution in [1.82, 2.24) is 9.55 Å². The highest BCUT2D eigenvalue weighted by Gasteiger charge is 2.39. The summed E-state index contributed by atoms with van der Waals surface area (Å²) in [5.74, 6) is 0.631. The van der Waals surface area contributed by atoms with Gasteiger partial charge in [0.15, 0.2) is 12.9 Å². The Morgan fingerprint density at radius 3 is 2.10 bits per heavy atom. The van der Waals surface area contributed by atoms with E-state index in [0.29, 0.717) is 5.89 Å². The molecule has 0 spiro atoms. The normalized spacial score (nSPS) is 16.1. The van der Waals surface area contributed by atoms with Crippen LogP contribution in [0.15, 0.2) is 144 Å². The summed E-state index contributed by atoms with van der Waals surface area (Å²) in [7, 11) is 2.42. The van der Waals surface area contributed by atoms with Crippen LogP contribution in [0.3, 0.4) is 0 Å². The minimum absolute atomic E-state index is 0.0578. The van der Waals surface area contributed by atoms with E-state index < -0.39 is 0 Å². The Balaban J connectivity index is 1.04. The van der Waals surface area contributed by atoms with Crippen LogP contribution in [0.4, 0.5) is 11.4 Å². The second-order valence-electron chi connectivity index (χ2n) is 23.4. The number of hydrogen-bond donors (Lipinski definition) is 1. The number of benzene rings is 8.